The first-order chi connectivity index (χ1) is 26.6. The minimum atomic E-state index is 0. The van der Waals surface area contributed by atoms with Crippen molar-refractivity contribution in [3.8, 4) is 0 Å². The fraction of sp³-hybridized carbons (Fsp3) is 0.160. The van der Waals surface area contributed by atoms with Gasteiger partial charge in [-0.1, -0.05) is 85.0 Å². The number of halogens is 2. The predicted octanol–water partition coefficient (Wildman–Crippen LogP) is 5.20. The third-order valence-electron chi connectivity index (χ3n) is 10.2. The average molecular weight is 961 g/mol. The lowest BCUT2D eigenvalue weighted by Gasteiger charge is -2.29. The topological polar surface area (TPSA) is 14.2 Å². The van der Waals surface area contributed by atoms with E-state index >= 15 is 0 Å². The van der Waals surface area contributed by atoms with Crippen molar-refractivity contribution in [2.75, 3.05) is 22.9 Å². The van der Waals surface area contributed by atoms with Crippen LogP contribution in [0.3, 0.4) is 0 Å². The Bertz CT molecular complexity index is 2300. The van der Waals surface area contributed by atoms with Crippen LogP contribution in [0.2, 0.25) is 0 Å². The van der Waals surface area contributed by atoms with E-state index in [4.69, 9.17) is 0 Å². The Hall–Kier alpha value is -4.80. The highest BCUT2D eigenvalue weighted by atomic mass is 127. The summed E-state index contributed by atoms with van der Waals surface area (Å²) in [5.74, 6) is 0. The molecule has 0 saturated carbocycles. The van der Waals surface area contributed by atoms with Crippen LogP contribution in [0.1, 0.15) is 50.2 Å². The second-order valence-electron chi connectivity index (χ2n) is 13.3. The summed E-state index contributed by atoms with van der Waals surface area (Å²) in [5.41, 5.74) is 12.5. The van der Waals surface area contributed by atoms with Gasteiger partial charge in [-0.25, -0.2) is 0 Å². The Morgan fingerprint density at radius 1 is 0.446 bits per heavy atom. The molecule has 0 bridgehead atoms. The number of rotatable bonds is 8. The maximum Gasteiger partial charge on any atom is 0.212 e. The minimum absolute atomic E-state index is 0. The highest BCUT2D eigenvalue weighted by Gasteiger charge is 2.17. The van der Waals surface area contributed by atoms with Gasteiger partial charge < -0.3 is 57.8 Å². The molecule has 0 atom stereocenters. The van der Waals surface area contributed by atoms with Gasteiger partial charge in [0.15, 0.2) is 0 Å². The van der Waals surface area contributed by atoms with Gasteiger partial charge >= 0.3 is 0 Å². The number of likely N-dealkylation sites (N-methyl/N-ethyl adjacent to an activating group) is 2. The fourth-order valence-electron chi connectivity index (χ4n) is 7.60. The molecule has 2 aromatic heterocycles. The molecule has 6 heteroatoms. The number of benzene rings is 4. The fourth-order valence-corrected chi connectivity index (χ4v) is 7.60. The van der Waals surface area contributed by atoms with E-state index in [-0.39, 0.29) is 48.0 Å². The standard InChI is InChI=1S/2C25H25N2.2HI/c2*1-3-26-22(18-16-20-10-5-7-14-24(20)26)12-9-13-23-19-17-21-11-6-8-15-25(21)27(23)4-2;;/h2*5-19H,3-4H2,1-2H3;2*1H/q2*+1;;/p-2. The average Bonchev–Trinajstić information content (AvgIpc) is 3.23. The SMILES string of the molecule is CCN1C(=CC=Cc2ccc3ccccc3[n+]2CC)C=Cc2ccccc21.CCN1C(=CC=Cc2ccc3ccccc3[n+]2CC)C=Cc2ccccc21.[I-].[I-]. The molecular weight excluding hydrogens is 910 g/mol. The van der Waals surface area contributed by atoms with E-state index < -0.39 is 0 Å². The number of aromatic nitrogens is 2. The molecule has 0 fully saturated rings. The van der Waals surface area contributed by atoms with Crippen molar-refractivity contribution in [1.82, 2.24) is 0 Å². The number of para-hydroxylation sites is 4. The number of allylic oxidation sites excluding steroid dienone is 6. The van der Waals surface area contributed by atoms with Gasteiger partial charge in [-0.2, -0.15) is 9.13 Å². The number of hydrogen-bond donors (Lipinski definition) is 0. The van der Waals surface area contributed by atoms with E-state index in [0.29, 0.717) is 0 Å². The first kappa shape index (κ1) is 42.3. The summed E-state index contributed by atoms with van der Waals surface area (Å²) >= 11 is 0. The second kappa shape index (κ2) is 20.4. The lowest BCUT2D eigenvalue weighted by Crippen LogP contribution is -3.00. The van der Waals surface area contributed by atoms with Crippen LogP contribution in [0, 0.1) is 0 Å². The second-order valence-corrected chi connectivity index (χ2v) is 13.3. The van der Waals surface area contributed by atoms with E-state index in [1.54, 1.807) is 0 Å². The highest BCUT2D eigenvalue weighted by molar-refractivity contribution is 5.79. The molecule has 4 aromatic carbocycles. The third-order valence-corrected chi connectivity index (χ3v) is 10.2. The van der Waals surface area contributed by atoms with Crippen molar-refractivity contribution in [2.45, 2.75) is 40.8 Å². The van der Waals surface area contributed by atoms with Gasteiger partial charge in [0.1, 0.15) is 13.1 Å². The molecule has 0 N–H and O–H groups in total. The third kappa shape index (κ3) is 9.24. The molecule has 4 nitrogen and oxygen atoms in total. The van der Waals surface area contributed by atoms with E-state index in [1.165, 1.54) is 67.1 Å². The maximum atomic E-state index is 2.36. The summed E-state index contributed by atoms with van der Waals surface area (Å²) in [6.07, 6.45) is 21.9. The van der Waals surface area contributed by atoms with Crippen LogP contribution in [0.25, 0.3) is 46.1 Å². The van der Waals surface area contributed by atoms with Gasteiger partial charge in [-0.05, 0) is 99.5 Å². The van der Waals surface area contributed by atoms with E-state index in [0.717, 1.165) is 26.2 Å². The quantitative estimate of drug-likeness (QED) is 0.154. The predicted molar refractivity (Wildman–Crippen MR) is 231 cm³/mol. The molecule has 2 aliphatic rings. The first-order valence-corrected chi connectivity index (χ1v) is 19.3. The summed E-state index contributed by atoms with van der Waals surface area (Å²) in [6, 6.07) is 43.0. The number of aryl methyl sites for hydroxylation is 2. The molecular formula is C50H50I2N4. The van der Waals surface area contributed by atoms with Crippen LogP contribution in [-0.4, -0.2) is 13.1 Å². The van der Waals surface area contributed by atoms with Gasteiger partial charge in [0.2, 0.25) is 22.4 Å². The number of anilines is 2. The molecule has 0 spiro atoms. The van der Waals surface area contributed by atoms with Gasteiger partial charge in [0.05, 0.1) is 0 Å². The number of hydrogen-bond acceptors (Lipinski definition) is 2. The summed E-state index contributed by atoms with van der Waals surface area (Å²) in [7, 11) is 0. The number of fused-ring (bicyclic) bond motifs is 4. The molecule has 0 saturated heterocycles. The van der Waals surface area contributed by atoms with Crippen molar-refractivity contribution in [2.24, 2.45) is 0 Å². The van der Waals surface area contributed by atoms with E-state index in [9.17, 15) is 0 Å². The van der Waals surface area contributed by atoms with Crippen LogP contribution >= 0.6 is 0 Å². The van der Waals surface area contributed by atoms with Crippen LogP contribution in [-0.2, 0) is 13.1 Å². The van der Waals surface area contributed by atoms with Crippen LogP contribution in [0.5, 0.6) is 0 Å². The molecule has 0 amide bonds. The lowest BCUT2D eigenvalue weighted by molar-refractivity contribution is -0.669. The summed E-state index contributed by atoms with van der Waals surface area (Å²) < 4.78 is 4.71. The van der Waals surface area contributed by atoms with Gasteiger partial charge in [-0.15, -0.1) is 0 Å². The summed E-state index contributed by atoms with van der Waals surface area (Å²) in [6.45, 7) is 12.6. The Morgan fingerprint density at radius 3 is 1.25 bits per heavy atom. The maximum absolute atomic E-state index is 2.36. The van der Waals surface area contributed by atoms with E-state index in [2.05, 4.69) is 229 Å². The normalized spacial score (nSPS) is 14.5. The van der Waals surface area contributed by atoms with Gasteiger partial charge in [0, 0.05) is 83.0 Å². The monoisotopic (exact) mass is 960 g/mol. The molecule has 8 rings (SSSR count). The Morgan fingerprint density at radius 2 is 0.839 bits per heavy atom. The Labute approximate surface area is 367 Å². The highest BCUT2D eigenvalue weighted by Crippen LogP contribution is 2.31. The van der Waals surface area contributed by atoms with Crippen molar-refractivity contribution < 1.29 is 57.1 Å². The molecule has 284 valence electrons. The lowest BCUT2D eigenvalue weighted by atomic mass is 10.1. The van der Waals surface area contributed by atoms with E-state index in [1.807, 2.05) is 0 Å². The van der Waals surface area contributed by atoms with Crippen molar-refractivity contribution >= 4 is 57.5 Å². The summed E-state index contributed by atoms with van der Waals surface area (Å²) in [5, 5.41) is 2.55. The Balaban J connectivity index is 0.000000207. The van der Waals surface area contributed by atoms with Gasteiger partial charge in [0.25, 0.3) is 0 Å². The van der Waals surface area contributed by atoms with Crippen molar-refractivity contribution in [1.29, 1.82) is 0 Å². The zero-order chi connectivity index (χ0) is 37.3. The Kier molecular flexibility index (Phi) is 15.4. The molecule has 2 aliphatic heterocycles. The van der Waals surface area contributed by atoms with Crippen LogP contribution in [0.4, 0.5) is 11.4 Å². The number of nitrogens with zero attached hydrogens (tertiary/aromatic N) is 4. The molecule has 0 aliphatic carbocycles. The van der Waals surface area contributed by atoms with Crippen LogP contribution in [0.15, 0.2) is 169 Å². The molecule has 0 unspecified atom stereocenters. The largest absolute Gasteiger partial charge is 1.00 e. The van der Waals surface area contributed by atoms with Gasteiger partial charge in [-0.3, -0.25) is 0 Å². The minimum Gasteiger partial charge on any atom is -1.00 e. The molecule has 4 heterocycles. The number of pyridine rings is 2. The smallest absolute Gasteiger partial charge is 0.212 e. The first-order valence-electron chi connectivity index (χ1n) is 19.3. The molecule has 6 aromatic rings. The molecule has 56 heavy (non-hydrogen) atoms. The van der Waals surface area contributed by atoms with Crippen molar-refractivity contribution in [3.05, 3.63) is 192 Å². The van der Waals surface area contributed by atoms with Crippen LogP contribution < -0.4 is 66.9 Å². The molecule has 0 radical (unpaired) electrons. The zero-order valence-corrected chi connectivity index (χ0v) is 37.0. The van der Waals surface area contributed by atoms with Crippen molar-refractivity contribution in [3.63, 3.8) is 0 Å². The zero-order valence-electron chi connectivity index (χ0n) is 32.7. The summed E-state index contributed by atoms with van der Waals surface area (Å²) in [4.78, 5) is 4.71.